The molecule has 0 aromatic heterocycles. The summed E-state index contributed by atoms with van der Waals surface area (Å²) in [6.45, 7) is 10.9. The van der Waals surface area contributed by atoms with E-state index in [1.54, 1.807) is 0 Å². The number of hydrogen-bond donors (Lipinski definition) is 1. The fraction of sp³-hybridized carbons (Fsp3) is 1.00. The second kappa shape index (κ2) is 7.25. The van der Waals surface area contributed by atoms with Gasteiger partial charge in [-0.1, -0.05) is 27.2 Å². The van der Waals surface area contributed by atoms with Crippen LogP contribution in [0, 0.1) is 5.92 Å². The third-order valence-electron chi connectivity index (χ3n) is 3.58. The summed E-state index contributed by atoms with van der Waals surface area (Å²) in [6.07, 6.45) is 2.76. The van der Waals surface area contributed by atoms with E-state index in [1.807, 2.05) is 0 Å². The number of nitrogens with zero attached hydrogens (tertiary/aromatic N) is 1. The second-order valence-electron chi connectivity index (χ2n) is 5.04. The molecule has 1 rings (SSSR count). The van der Waals surface area contributed by atoms with Crippen LogP contribution in [0.2, 0.25) is 0 Å². The molecule has 3 nitrogen and oxygen atoms in total. The topological polar surface area (TPSA) is 24.5 Å². The van der Waals surface area contributed by atoms with E-state index in [1.165, 1.54) is 12.8 Å². The SMILES string of the molecule is CCCNC(C(C)CC)C1CN(C)CCO1. The average Bonchev–Trinajstić information content (AvgIpc) is 2.29. The predicted molar refractivity (Wildman–Crippen MR) is 68.8 cm³/mol. The van der Waals surface area contributed by atoms with Crippen LogP contribution < -0.4 is 5.32 Å². The first kappa shape index (κ1) is 13.9. The highest BCUT2D eigenvalue weighted by Gasteiger charge is 2.29. The van der Waals surface area contributed by atoms with Crippen molar-refractivity contribution >= 4 is 0 Å². The van der Waals surface area contributed by atoms with Crippen molar-refractivity contribution < 1.29 is 4.74 Å². The normalized spacial score (nSPS) is 26.6. The minimum atomic E-state index is 0.361. The molecular weight excluding hydrogens is 200 g/mol. The molecule has 1 heterocycles. The number of morpholine rings is 1. The van der Waals surface area contributed by atoms with Crippen molar-refractivity contribution in [1.29, 1.82) is 0 Å². The summed E-state index contributed by atoms with van der Waals surface area (Å²) < 4.78 is 5.93. The molecule has 3 heteroatoms. The van der Waals surface area contributed by atoms with Gasteiger partial charge in [0.2, 0.25) is 0 Å². The van der Waals surface area contributed by atoms with Gasteiger partial charge in [0.1, 0.15) is 0 Å². The van der Waals surface area contributed by atoms with E-state index in [9.17, 15) is 0 Å². The Bertz CT molecular complexity index is 187. The molecular formula is C13H28N2O. The van der Waals surface area contributed by atoms with Crippen LogP contribution in [0.1, 0.15) is 33.6 Å². The molecule has 1 aliphatic heterocycles. The molecule has 3 atom stereocenters. The maximum atomic E-state index is 5.93. The van der Waals surface area contributed by atoms with E-state index in [4.69, 9.17) is 4.74 Å². The summed E-state index contributed by atoms with van der Waals surface area (Å²) in [4.78, 5) is 2.37. The molecule has 3 unspecified atom stereocenters. The highest BCUT2D eigenvalue weighted by molar-refractivity contribution is 4.85. The van der Waals surface area contributed by atoms with Gasteiger partial charge in [-0.15, -0.1) is 0 Å². The second-order valence-corrected chi connectivity index (χ2v) is 5.04. The van der Waals surface area contributed by atoms with Crippen LogP contribution in [-0.4, -0.2) is 50.3 Å². The molecule has 0 amide bonds. The molecule has 16 heavy (non-hydrogen) atoms. The van der Waals surface area contributed by atoms with Gasteiger partial charge >= 0.3 is 0 Å². The summed E-state index contributed by atoms with van der Waals surface area (Å²) >= 11 is 0. The van der Waals surface area contributed by atoms with Crippen molar-refractivity contribution in [3.05, 3.63) is 0 Å². The summed E-state index contributed by atoms with van der Waals surface area (Å²) in [5, 5.41) is 3.66. The zero-order valence-electron chi connectivity index (χ0n) is 11.3. The molecule has 0 radical (unpaired) electrons. The lowest BCUT2D eigenvalue weighted by atomic mass is 9.93. The molecule has 0 aliphatic carbocycles. The lowest BCUT2D eigenvalue weighted by Crippen LogP contribution is -2.53. The molecule has 0 aromatic rings. The summed E-state index contributed by atoms with van der Waals surface area (Å²) in [5.74, 6) is 0.683. The quantitative estimate of drug-likeness (QED) is 0.749. The predicted octanol–water partition coefficient (Wildman–Crippen LogP) is 1.73. The maximum absolute atomic E-state index is 5.93. The van der Waals surface area contributed by atoms with E-state index in [2.05, 4.69) is 38.0 Å². The molecule has 1 N–H and O–H groups in total. The summed E-state index contributed by atoms with van der Waals surface area (Å²) in [5.41, 5.74) is 0. The third kappa shape index (κ3) is 4.04. The van der Waals surface area contributed by atoms with Gasteiger partial charge in [-0.2, -0.15) is 0 Å². The lowest BCUT2D eigenvalue weighted by Gasteiger charge is -2.38. The number of likely N-dealkylation sites (N-methyl/N-ethyl adjacent to an activating group) is 1. The van der Waals surface area contributed by atoms with Crippen LogP contribution in [0.4, 0.5) is 0 Å². The molecule has 0 bridgehead atoms. The first-order valence-electron chi connectivity index (χ1n) is 6.72. The molecule has 1 fully saturated rings. The van der Waals surface area contributed by atoms with Crippen molar-refractivity contribution in [2.24, 2.45) is 5.92 Å². The van der Waals surface area contributed by atoms with Crippen LogP contribution in [0.5, 0.6) is 0 Å². The van der Waals surface area contributed by atoms with Gasteiger partial charge in [-0.3, -0.25) is 0 Å². The van der Waals surface area contributed by atoms with Crippen LogP contribution in [0.15, 0.2) is 0 Å². The minimum absolute atomic E-state index is 0.361. The smallest absolute Gasteiger partial charge is 0.0857 e. The van der Waals surface area contributed by atoms with Gasteiger partial charge in [-0.05, 0) is 25.9 Å². The lowest BCUT2D eigenvalue weighted by molar-refractivity contribution is -0.0481. The number of rotatable bonds is 6. The van der Waals surface area contributed by atoms with Gasteiger partial charge in [0.25, 0.3) is 0 Å². The van der Waals surface area contributed by atoms with Crippen LogP contribution in [0.25, 0.3) is 0 Å². The van der Waals surface area contributed by atoms with Crippen molar-refractivity contribution in [3.8, 4) is 0 Å². The van der Waals surface area contributed by atoms with Crippen molar-refractivity contribution in [1.82, 2.24) is 10.2 Å². The van der Waals surface area contributed by atoms with Gasteiger partial charge in [0.05, 0.1) is 12.7 Å². The summed E-state index contributed by atoms with van der Waals surface area (Å²) in [7, 11) is 2.18. The first-order valence-corrected chi connectivity index (χ1v) is 6.72. The van der Waals surface area contributed by atoms with E-state index in [0.29, 0.717) is 18.1 Å². The van der Waals surface area contributed by atoms with Crippen LogP contribution in [0.3, 0.4) is 0 Å². The number of nitrogens with one attached hydrogen (secondary N) is 1. The standard InChI is InChI=1S/C13H28N2O/c1-5-7-14-13(11(3)6-2)12-10-15(4)8-9-16-12/h11-14H,5-10H2,1-4H3. The van der Waals surface area contributed by atoms with E-state index >= 15 is 0 Å². The number of ether oxygens (including phenoxy) is 1. The molecule has 0 saturated carbocycles. The fourth-order valence-corrected chi connectivity index (χ4v) is 2.29. The Kier molecular flexibility index (Phi) is 6.32. The molecule has 96 valence electrons. The molecule has 1 aliphatic rings. The Labute approximate surface area is 101 Å². The zero-order chi connectivity index (χ0) is 12.0. The van der Waals surface area contributed by atoms with Gasteiger partial charge < -0.3 is 15.0 Å². The van der Waals surface area contributed by atoms with Gasteiger partial charge in [0.15, 0.2) is 0 Å². The maximum Gasteiger partial charge on any atom is 0.0857 e. The largest absolute Gasteiger partial charge is 0.374 e. The van der Waals surface area contributed by atoms with E-state index < -0.39 is 0 Å². The van der Waals surface area contributed by atoms with Gasteiger partial charge in [0, 0.05) is 19.1 Å². The Morgan fingerprint density at radius 2 is 2.19 bits per heavy atom. The third-order valence-corrected chi connectivity index (χ3v) is 3.58. The Hall–Kier alpha value is -0.120. The van der Waals surface area contributed by atoms with Crippen molar-refractivity contribution in [2.75, 3.05) is 33.3 Å². The molecule has 1 saturated heterocycles. The van der Waals surface area contributed by atoms with Gasteiger partial charge in [-0.25, -0.2) is 0 Å². The molecule has 0 aromatic carbocycles. The molecule has 0 spiro atoms. The zero-order valence-corrected chi connectivity index (χ0v) is 11.3. The minimum Gasteiger partial charge on any atom is -0.374 e. The Balaban J connectivity index is 2.52. The summed E-state index contributed by atoms with van der Waals surface area (Å²) in [6, 6.07) is 0.507. The highest BCUT2D eigenvalue weighted by Crippen LogP contribution is 2.17. The Morgan fingerprint density at radius 3 is 2.75 bits per heavy atom. The first-order chi connectivity index (χ1) is 7.69. The van der Waals surface area contributed by atoms with E-state index in [0.717, 1.165) is 26.2 Å². The highest BCUT2D eigenvalue weighted by atomic mass is 16.5. The monoisotopic (exact) mass is 228 g/mol. The number of hydrogen-bond acceptors (Lipinski definition) is 3. The Morgan fingerprint density at radius 1 is 1.44 bits per heavy atom. The van der Waals surface area contributed by atoms with E-state index in [-0.39, 0.29) is 0 Å². The average molecular weight is 228 g/mol. The van der Waals surface area contributed by atoms with Crippen LogP contribution >= 0.6 is 0 Å². The fourth-order valence-electron chi connectivity index (χ4n) is 2.29. The van der Waals surface area contributed by atoms with Crippen LogP contribution in [-0.2, 0) is 4.74 Å². The van der Waals surface area contributed by atoms with Crippen molar-refractivity contribution in [2.45, 2.75) is 45.8 Å². The van der Waals surface area contributed by atoms with Crippen molar-refractivity contribution in [3.63, 3.8) is 0 Å².